The number of ether oxygens (including phenoxy) is 1. The number of benzene rings is 1. The molecule has 1 aliphatic rings. The Morgan fingerprint density at radius 2 is 1.79 bits per heavy atom. The van der Waals surface area contributed by atoms with Crippen LogP contribution in [0.1, 0.15) is 38.2 Å². The topological polar surface area (TPSA) is 9.23 Å². The largest absolute Gasteiger partial charge is 0.494 e. The predicted molar refractivity (Wildman–Crippen MR) is 70.9 cm³/mol. The molecular weight excluding hydrogens is 246 g/mol. The maximum absolute atomic E-state index is 13.7. The van der Waals surface area contributed by atoms with Crippen LogP contribution in [0.25, 0.3) is 0 Å². The van der Waals surface area contributed by atoms with Crippen LogP contribution in [0, 0.1) is 35.3 Å². The molecule has 102 valence electrons. The summed E-state index contributed by atoms with van der Waals surface area (Å²) in [5, 5.41) is 0. The monoisotopic (exact) mass is 264 g/mol. The average Bonchev–Trinajstić information content (AvgIpc) is 2.42. The first kappa shape index (κ1) is 13.9. The van der Waals surface area contributed by atoms with Crippen molar-refractivity contribution in [3.05, 3.63) is 29.3 Å². The maximum Gasteiger partial charge on any atom is 0.201 e. The van der Waals surface area contributed by atoms with E-state index in [1.165, 1.54) is 32.1 Å². The van der Waals surface area contributed by atoms with Crippen molar-refractivity contribution in [2.24, 2.45) is 11.8 Å². The molecule has 3 heteroatoms. The summed E-state index contributed by atoms with van der Waals surface area (Å²) >= 11 is 0. The molecule has 0 atom stereocenters. The first-order chi connectivity index (χ1) is 9.11. The van der Waals surface area contributed by atoms with Crippen molar-refractivity contribution in [3.63, 3.8) is 0 Å². The molecule has 0 bridgehead atoms. The van der Waals surface area contributed by atoms with Crippen molar-refractivity contribution in [3.8, 4) is 17.6 Å². The molecule has 1 saturated carbocycles. The van der Waals surface area contributed by atoms with Crippen molar-refractivity contribution in [1.82, 2.24) is 0 Å². The van der Waals surface area contributed by atoms with Gasteiger partial charge in [-0.2, -0.15) is 4.39 Å². The normalized spacial score (nSPS) is 22.5. The van der Waals surface area contributed by atoms with Crippen LogP contribution in [0.4, 0.5) is 8.78 Å². The number of hydrogen-bond donors (Lipinski definition) is 0. The standard InChI is InChI=1S/C16H18F2O/c1-11-3-5-12(6-4-11)7-8-13-9-10-14(19-2)16(18)15(13)17/h9-12H,3-6H2,1-2H3. The number of halogens is 2. The van der Waals surface area contributed by atoms with E-state index in [2.05, 4.69) is 18.8 Å². The zero-order valence-electron chi connectivity index (χ0n) is 11.3. The second-order valence-corrected chi connectivity index (χ2v) is 5.17. The summed E-state index contributed by atoms with van der Waals surface area (Å²) in [5.74, 6) is 4.92. The SMILES string of the molecule is COc1ccc(C#CC2CCC(C)CC2)c(F)c1F. The molecule has 1 aromatic carbocycles. The minimum atomic E-state index is -0.966. The van der Waals surface area contributed by atoms with Gasteiger partial charge < -0.3 is 4.74 Å². The third-order valence-electron chi connectivity index (χ3n) is 3.69. The summed E-state index contributed by atoms with van der Waals surface area (Å²) in [4.78, 5) is 0. The lowest BCUT2D eigenvalue weighted by atomic mass is 9.83. The molecule has 0 N–H and O–H groups in total. The Hall–Kier alpha value is -1.56. The smallest absolute Gasteiger partial charge is 0.201 e. The highest BCUT2D eigenvalue weighted by molar-refractivity contribution is 5.41. The molecule has 1 aromatic rings. The van der Waals surface area contributed by atoms with Gasteiger partial charge in [0, 0.05) is 5.92 Å². The Morgan fingerprint density at radius 3 is 2.42 bits per heavy atom. The van der Waals surface area contributed by atoms with Crippen LogP contribution < -0.4 is 4.74 Å². The van der Waals surface area contributed by atoms with Crippen LogP contribution in [0.2, 0.25) is 0 Å². The molecule has 1 fully saturated rings. The van der Waals surface area contributed by atoms with Gasteiger partial charge in [0.05, 0.1) is 12.7 Å². The minimum Gasteiger partial charge on any atom is -0.494 e. The summed E-state index contributed by atoms with van der Waals surface area (Å²) < 4.78 is 31.9. The van der Waals surface area contributed by atoms with E-state index in [4.69, 9.17) is 4.74 Å². The fourth-order valence-corrected chi connectivity index (χ4v) is 2.37. The molecule has 0 spiro atoms. The Labute approximate surface area is 113 Å². The minimum absolute atomic E-state index is 0.0884. The zero-order chi connectivity index (χ0) is 13.8. The van der Waals surface area contributed by atoms with E-state index in [0.717, 1.165) is 18.8 Å². The maximum atomic E-state index is 13.7. The van der Waals surface area contributed by atoms with Crippen LogP contribution in [-0.4, -0.2) is 7.11 Å². The third-order valence-corrected chi connectivity index (χ3v) is 3.69. The highest BCUT2D eigenvalue weighted by atomic mass is 19.2. The van der Waals surface area contributed by atoms with Gasteiger partial charge in [-0.1, -0.05) is 18.8 Å². The van der Waals surface area contributed by atoms with Crippen molar-refractivity contribution < 1.29 is 13.5 Å². The first-order valence-corrected chi connectivity index (χ1v) is 6.65. The molecule has 0 amide bonds. The molecule has 19 heavy (non-hydrogen) atoms. The molecule has 0 radical (unpaired) electrons. The molecule has 0 saturated heterocycles. The number of hydrogen-bond acceptors (Lipinski definition) is 1. The quantitative estimate of drug-likeness (QED) is 0.692. The van der Waals surface area contributed by atoms with Gasteiger partial charge in [-0.15, -0.1) is 0 Å². The fourth-order valence-electron chi connectivity index (χ4n) is 2.37. The van der Waals surface area contributed by atoms with Crippen LogP contribution >= 0.6 is 0 Å². The fraction of sp³-hybridized carbons (Fsp3) is 0.500. The highest BCUT2D eigenvalue weighted by Gasteiger charge is 2.16. The molecular formula is C16H18F2O. The number of methoxy groups -OCH3 is 1. The Morgan fingerprint density at radius 1 is 1.11 bits per heavy atom. The van der Waals surface area contributed by atoms with E-state index in [1.54, 1.807) is 0 Å². The van der Waals surface area contributed by atoms with Crippen molar-refractivity contribution in [2.45, 2.75) is 32.6 Å². The van der Waals surface area contributed by atoms with Gasteiger partial charge in [-0.3, -0.25) is 0 Å². The van der Waals surface area contributed by atoms with E-state index in [9.17, 15) is 8.78 Å². The van der Waals surface area contributed by atoms with Gasteiger partial charge in [0.25, 0.3) is 0 Å². The lowest BCUT2D eigenvalue weighted by molar-refractivity contribution is 0.337. The van der Waals surface area contributed by atoms with Gasteiger partial charge in [0.15, 0.2) is 11.6 Å². The molecule has 0 unspecified atom stereocenters. The second kappa shape index (κ2) is 6.06. The summed E-state index contributed by atoms with van der Waals surface area (Å²) in [6.07, 6.45) is 4.43. The van der Waals surface area contributed by atoms with E-state index in [-0.39, 0.29) is 11.3 Å². The summed E-state index contributed by atoms with van der Waals surface area (Å²) in [5.41, 5.74) is 0.108. The van der Waals surface area contributed by atoms with E-state index in [1.807, 2.05) is 0 Å². The van der Waals surface area contributed by atoms with Gasteiger partial charge in [0.1, 0.15) is 0 Å². The van der Waals surface area contributed by atoms with E-state index < -0.39 is 11.6 Å². The molecule has 2 rings (SSSR count). The van der Waals surface area contributed by atoms with Gasteiger partial charge >= 0.3 is 0 Å². The number of rotatable bonds is 1. The summed E-state index contributed by atoms with van der Waals surface area (Å²) in [6.45, 7) is 2.24. The molecule has 0 aliphatic heterocycles. The summed E-state index contributed by atoms with van der Waals surface area (Å²) in [7, 11) is 1.31. The lowest BCUT2D eigenvalue weighted by Crippen LogP contribution is -2.10. The second-order valence-electron chi connectivity index (χ2n) is 5.17. The van der Waals surface area contributed by atoms with E-state index in [0.29, 0.717) is 5.92 Å². The van der Waals surface area contributed by atoms with Crippen molar-refractivity contribution in [2.75, 3.05) is 7.11 Å². The van der Waals surface area contributed by atoms with Crippen LogP contribution in [0.3, 0.4) is 0 Å². The first-order valence-electron chi connectivity index (χ1n) is 6.65. The predicted octanol–water partition coefficient (Wildman–Crippen LogP) is 4.15. The molecule has 0 heterocycles. The zero-order valence-corrected chi connectivity index (χ0v) is 11.3. The molecule has 1 nitrogen and oxygen atoms in total. The molecule has 0 aromatic heterocycles. The van der Waals surface area contributed by atoms with Gasteiger partial charge in [-0.25, -0.2) is 4.39 Å². The van der Waals surface area contributed by atoms with Crippen molar-refractivity contribution >= 4 is 0 Å². The van der Waals surface area contributed by atoms with Crippen LogP contribution in [0.15, 0.2) is 12.1 Å². The summed E-state index contributed by atoms with van der Waals surface area (Å²) in [6, 6.07) is 2.88. The lowest BCUT2D eigenvalue weighted by Gasteiger charge is -2.21. The Kier molecular flexibility index (Phi) is 4.42. The van der Waals surface area contributed by atoms with Crippen molar-refractivity contribution in [1.29, 1.82) is 0 Å². The van der Waals surface area contributed by atoms with Gasteiger partial charge in [-0.05, 0) is 43.7 Å². The third kappa shape index (κ3) is 3.26. The molecule has 1 aliphatic carbocycles. The van der Waals surface area contributed by atoms with Crippen LogP contribution in [0.5, 0.6) is 5.75 Å². The van der Waals surface area contributed by atoms with Crippen LogP contribution in [-0.2, 0) is 0 Å². The Bertz CT molecular complexity index is 505. The highest BCUT2D eigenvalue weighted by Crippen LogP contribution is 2.28. The van der Waals surface area contributed by atoms with E-state index >= 15 is 0 Å². The van der Waals surface area contributed by atoms with Gasteiger partial charge in [0.2, 0.25) is 5.82 Å². The Balaban J connectivity index is 2.14. The average molecular weight is 264 g/mol.